The number of hydrogen-bond acceptors (Lipinski definition) is 2. The van der Waals surface area contributed by atoms with Crippen LogP contribution in [-0.2, 0) is 0 Å². The van der Waals surface area contributed by atoms with Crippen molar-refractivity contribution in [3.8, 4) is 0 Å². The van der Waals surface area contributed by atoms with Gasteiger partial charge in [-0.25, -0.2) is 4.79 Å². The number of nitrogens with zero attached hydrogens (tertiary/aromatic N) is 1. The van der Waals surface area contributed by atoms with E-state index in [1.165, 1.54) is 31.5 Å². The lowest BCUT2D eigenvalue weighted by atomic mass is 9.99. The Labute approximate surface area is 147 Å². The summed E-state index contributed by atoms with van der Waals surface area (Å²) in [7, 11) is 0. The number of piperidine rings is 1. The molecule has 0 bridgehead atoms. The van der Waals surface area contributed by atoms with Crippen molar-refractivity contribution in [2.45, 2.75) is 52.0 Å². The minimum absolute atomic E-state index is 0.0513. The van der Waals surface area contributed by atoms with Gasteiger partial charge in [0.2, 0.25) is 0 Å². The molecule has 134 valence electrons. The Hall–Kier alpha value is -1.55. The summed E-state index contributed by atoms with van der Waals surface area (Å²) < 4.78 is 0. The van der Waals surface area contributed by atoms with Gasteiger partial charge in [-0.05, 0) is 56.8 Å². The lowest BCUT2D eigenvalue weighted by Gasteiger charge is -2.30. The van der Waals surface area contributed by atoms with E-state index in [-0.39, 0.29) is 12.1 Å². The largest absolute Gasteiger partial charge is 0.338 e. The Morgan fingerprint density at radius 1 is 1.25 bits per heavy atom. The van der Waals surface area contributed by atoms with E-state index in [1.54, 1.807) is 0 Å². The average Bonchev–Trinajstić information content (AvgIpc) is 2.61. The molecule has 2 rings (SSSR count). The van der Waals surface area contributed by atoms with Crippen molar-refractivity contribution < 1.29 is 4.79 Å². The van der Waals surface area contributed by atoms with Gasteiger partial charge < -0.3 is 15.5 Å². The molecule has 1 aliphatic heterocycles. The number of hydrogen-bond donors (Lipinski definition) is 2. The van der Waals surface area contributed by atoms with Crippen molar-refractivity contribution in [3.63, 3.8) is 0 Å². The normalized spacial score (nSPS) is 17.4. The van der Waals surface area contributed by atoms with Gasteiger partial charge in [0.25, 0.3) is 0 Å². The van der Waals surface area contributed by atoms with Gasteiger partial charge >= 0.3 is 6.03 Å². The first kappa shape index (κ1) is 18.8. The van der Waals surface area contributed by atoms with Gasteiger partial charge in [-0.15, -0.1) is 0 Å². The summed E-state index contributed by atoms with van der Waals surface area (Å²) >= 11 is 0. The average molecular weight is 332 g/mol. The summed E-state index contributed by atoms with van der Waals surface area (Å²) in [4.78, 5) is 14.7. The summed E-state index contributed by atoms with van der Waals surface area (Å²) in [5, 5.41) is 6.13. The predicted octanol–water partition coefficient (Wildman–Crippen LogP) is 3.95. The molecule has 0 saturated carbocycles. The zero-order chi connectivity index (χ0) is 17.2. The number of carbonyl (C=O) groups is 1. The third-order valence-electron chi connectivity index (χ3n) is 4.90. The van der Waals surface area contributed by atoms with E-state index in [0.717, 1.165) is 38.3 Å². The van der Waals surface area contributed by atoms with Gasteiger partial charge in [0.1, 0.15) is 0 Å². The van der Waals surface area contributed by atoms with Crippen molar-refractivity contribution in [1.29, 1.82) is 0 Å². The molecule has 1 saturated heterocycles. The summed E-state index contributed by atoms with van der Waals surface area (Å²) in [6, 6.07) is 10.3. The van der Waals surface area contributed by atoms with Crippen LogP contribution in [0, 0.1) is 5.92 Å². The molecule has 1 aromatic carbocycles. The summed E-state index contributed by atoms with van der Waals surface area (Å²) in [5.74, 6) is 0.874. The number of likely N-dealkylation sites (tertiary alicyclic amines) is 1. The second-order valence-corrected chi connectivity index (χ2v) is 7.03. The van der Waals surface area contributed by atoms with Gasteiger partial charge in [0, 0.05) is 6.54 Å². The number of nitrogens with one attached hydrogen (secondary N) is 2. The van der Waals surface area contributed by atoms with Crippen molar-refractivity contribution in [2.24, 2.45) is 5.92 Å². The van der Waals surface area contributed by atoms with Crippen LogP contribution in [0.5, 0.6) is 0 Å². The number of rotatable bonds is 8. The zero-order valence-corrected chi connectivity index (χ0v) is 15.3. The standard InChI is InChI=1S/C20H33N3O/c1-3-8-19(18-9-5-4-6-10-18)22-20(24)21-13-7-14-23-15-11-17(2)12-16-23/h4-6,9-10,17,19H,3,7-8,11-16H2,1-2H3,(H2,21,22,24). The van der Waals surface area contributed by atoms with Gasteiger partial charge in [-0.3, -0.25) is 0 Å². The molecule has 0 spiro atoms. The van der Waals surface area contributed by atoms with Gasteiger partial charge in [-0.2, -0.15) is 0 Å². The Kier molecular flexibility index (Phi) is 8.10. The molecule has 1 fully saturated rings. The molecular weight excluding hydrogens is 298 g/mol. The maximum absolute atomic E-state index is 12.2. The predicted molar refractivity (Wildman–Crippen MR) is 100 cm³/mol. The highest BCUT2D eigenvalue weighted by atomic mass is 16.2. The second-order valence-electron chi connectivity index (χ2n) is 7.03. The highest BCUT2D eigenvalue weighted by Crippen LogP contribution is 2.18. The summed E-state index contributed by atoms with van der Waals surface area (Å²) in [6.07, 6.45) is 5.65. The minimum atomic E-state index is -0.0513. The maximum Gasteiger partial charge on any atom is 0.315 e. The molecule has 0 radical (unpaired) electrons. The molecule has 2 amide bonds. The molecule has 1 heterocycles. The highest BCUT2D eigenvalue weighted by molar-refractivity contribution is 5.74. The molecule has 0 aromatic heterocycles. The molecular formula is C20H33N3O. The Morgan fingerprint density at radius 3 is 2.62 bits per heavy atom. The van der Waals surface area contributed by atoms with Gasteiger partial charge in [-0.1, -0.05) is 50.6 Å². The van der Waals surface area contributed by atoms with Crippen LogP contribution >= 0.6 is 0 Å². The fourth-order valence-electron chi connectivity index (χ4n) is 3.30. The van der Waals surface area contributed by atoms with E-state index >= 15 is 0 Å². The first-order valence-electron chi connectivity index (χ1n) is 9.50. The molecule has 1 atom stereocenters. The fraction of sp³-hybridized carbons (Fsp3) is 0.650. The van der Waals surface area contributed by atoms with E-state index in [0.29, 0.717) is 0 Å². The minimum Gasteiger partial charge on any atom is -0.338 e. The maximum atomic E-state index is 12.2. The monoisotopic (exact) mass is 331 g/mol. The van der Waals surface area contributed by atoms with Crippen LogP contribution in [0.4, 0.5) is 4.79 Å². The molecule has 2 N–H and O–H groups in total. The van der Waals surface area contributed by atoms with Crippen LogP contribution in [0.1, 0.15) is 57.6 Å². The molecule has 24 heavy (non-hydrogen) atoms. The van der Waals surface area contributed by atoms with Crippen molar-refractivity contribution in [3.05, 3.63) is 35.9 Å². The number of benzene rings is 1. The number of carbonyl (C=O) groups excluding carboxylic acids is 1. The molecule has 1 aliphatic rings. The van der Waals surface area contributed by atoms with Crippen molar-refractivity contribution >= 4 is 6.03 Å². The lowest BCUT2D eigenvalue weighted by molar-refractivity contribution is 0.190. The van der Waals surface area contributed by atoms with Crippen LogP contribution in [-0.4, -0.2) is 37.1 Å². The fourth-order valence-corrected chi connectivity index (χ4v) is 3.30. The van der Waals surface area contributed by atoms with E-state index in [1.807, 2.05) is 18.2 Å². The van der Waals surface area contributed by atoms with Crippen LogP contribution < -0.4 is 10.6 Å². The van der Waals surface area contributed by atoms with Crippen LogP contribution in [0.3, 0.4) is 0 Å². The van der Waals surface area contributed by atoms with E-state index in [2.05, 4.69) is 41.5 Å². The molecule has 4 nitrogen and oxygen atoms in total. The van der Waals surface area contributed by atoms with E-state index in [9.17, 15) is 4.79 Å². The molecule has 1 unspecified atom stereocenters. The quantitative estimate of drug-likeness (QED) is 0.709. The van der Waals surface area contributed by atoms with Crippen LogP contribution in [0.15, 0.2) is 30.3 Å². The molecule has 4 heteroatoms. The van der Waals surface area contributed by atoms with E-state index < -0.39 is 0 Å². The summed E-state index contributed by atoms with van der Waals surface area (Å²) in [6.45, 7) is 8.73. The van der Waals surface area contributed by atoms with Crippen molar-refractivity contribution in [1.82, 2.24) is 15.5 Å². The van der Waals surface area contributed by atoms with Crippen molar-refractivity contribution in [2.75, 3.05) is 26.2 Å². The van der Waals surface area contributed by atoms with Gasteiger partial charge in [0.05, 0.1) is 6.04 Å². The third-order valence-corrected chi connectivity index (χ3v) is 4.90. The summed E-state index contributed by atoms with van der Waals surface area (Å²) in [5.41, 5.74) is 1.18. The zero-order valence-electron chi connectivity index (χ0n) is 15.3. The van der Waals surface area contributed by atoms with Crippen LogP contribution in [0.25, 0.3) is 0 Å². The topological polar surface area (TPSA) is 44.4 Å². The van der Waals surface area contributed by atoms with E-state index in [4.69, 9.17) is 0 Å². The Bertz CT molecular complexity index is 469. The first-order chi connectivity index (χ1) is 11.7. The Morgan fingerprint density at radius 2 is 1.96 bits per heavy atom. The van der Waals surface area contributed by atoms with Gasteiger partial charge in [0.15, 0.2) is 0 Å². The molecule has 0 aliphatic carbocycles. The molecule has 1 aromatic rings. The number of urea groups is 1. The first-order valence-corrected chi connectivity index (χ1v) is 9.50. The number of amides is 2. The smallest absolute Gasteiger partial charge is 0.315 e. The SMILES string of the molecule is CCCC(NC(=O)NCCCN1CCC(C)CC1)c1ccccc1. The third kappa shape index (κ3) is 6.52. The lowest BCUT2D eigenvalue weighted by Crippen LogP contribution is -2.40. The second kappa shape index (κ2) is 10.3. The van der Waals surface area contributed by atoms with Crippen LogP contribution in [0.2, 0.25) is 0 Å². The highest BCUT2D eigenvalue weighted by Gasteiger charge is 2.15. The Balaban J connectivity index is 1.66.